The number of aromatic nitrogens is 1. The fourth-order valence-corrected chi connectivity index (χ4v) is 3.44. The molecule has 0 spiro atoms. The monoisotopic (exact) mass is 377 g/mol. The molecule has 2 aromatic heterocycles. The molecule has 25 heavy (non-hydrogen) atoms. The van der Waals surface area contributed by atoms with Gasteiger partial charge in [-0.3, -0.25) is 0 Å². The van der Waals surface area contributed by atoms with Crippen LogP contribution in [-0.2, 0) is 0 Å². The predicted molar refractivity (Wildman–Crippen MR) is 114 cm³/mol. The number of allylic oxidation sites excluding steroid dienone is 1. The largest absolute Gasteiger partial charge is 0.373 e. The highest BCUT2D eigenvalue weighted by Gasteiger charge is 2.08. The van der Waals surface area contributed by atoms with Crippen LogP contribution in [0.1, 0.15) is 45.6 Å². The first-order valence-corrected chi connectivity index (χ1v) is 9.96. The number of nitrogens with zero attached hydrogens (tertiary/aromatic N) is 1. The first-order chi connectivity index (χ1) is 12.1. The van der Waals surface area contributed by atoms with Crippen molar-refractivity contribution in [1.82, 2.24) is 4.98 Å². The van der Waals surface area contributed by atoms with Crippen molar-refractivity contribution in [2.75, 3.05) is 11.9 Å². The summed E-state index contributed by atoms with van der Waals surface area (Å²) in [6, 6.07) is 2.29. The van der Waals surface area contributed by atoms with Gasteiger partial charge in [-0.15, -0.1) is 17.3 Å². The van der Waals surface area contributed by atoms with E-state index in [1.54, 1.807) is 11.3 Å². The van der Waals surface area contributed by atoms with Crippen LogP contribution in [0.25, 0.3) is 10.2 Å². The standard InChI is InChI=1S/C12H11ClN2S.C6H11N.C2H6/c1-3-4-5-14-9-6-10(13)15-11-8(2)7-16-12(9)11;7-6-4-2-1-3-5-6;1-2/h6-7H,5H2,1-2H3,(H,14,15);1-2,6H,3-5,7H2;1-2H3. The summed E-state index contributed by atoms with van der Waals surface area (Å²) >= 11 is 7.66. The summed E-state index contributed by atoms with van der Waals surface area (Å²) in [6.45, 7) is 8.49. The van der Waals surface area contributed by atoms with E-state index >= 15 is 0 Å². The van der Waals surface area contributed by atoms with E-state index in [1.807, 2.05) is 33.8 Å². The Balaban J connectivity index is 0.000000290. The maximum absolute atomic E-state index is 5.98. The molecule has 3 nitrogen and oxygen atoms in total. The fourth-order valence-electron chi connectivity index (χ4n) is 2.27. The van der Waals surface area contributed by atoms with Crippen molar-refractivity contribution in [2.45, 2.75) is 53.0 Å². The molecule has 3 N–H and O–H groups in total. The van der Waals surface area contributed by atoms with Crippen molar-refractivity contribution in [3.63, 3.8) is 0 Å². The number of anilines is 1. The van der Waals surface area contributed by atoms with Gasteiger partial charge >= 0.3 is 0 Å². The van der Waals surface area contributed by atoms with Gasteiger partial charge in [0.25, 0.3) is 0 Å². The van der Waals surface area contributed by atoms with Gasteiger partial charge in [-0.25, -0.2) is 4.98 Å². The van der Waals surface area contributed by atoms with Crippen LogP contribution in [0.15, 0.2) is 23.6 Å². The van der Waals surface area contributed by atoms with Crippen LogP contribution in [0, 0.1) is 18.8 Å². The molecule has 0 fully saturated rings. The number of halogens is 1. The Hall–Kier alpha value is -1.54. The quantitative estimate of drug-likeness (QED) is 0.396. The second-order valence-corrected chi connectivity index (χ2v) is 6.68. The number of fused-ring (bicyclic) bond motifs is 1. The highest BCUT2D eigenvalue weighted by atomic mass is 35.5. The second-order valence-electron chi connectivity index (χ2n) is 5.41. The highest BCUT2D eigenvalue weighted by Crippen LogP contribution is 2.32. The van der Waals surface area contributed by atoms with Gasteiger partial charge in [0.15, 0.2) is 0 Å². The number of nitrogens with two attached hydrogens (primary N) is 1. The Bertz CT molecular complexity index is 740. The van der Waals surface area contributed by atoms with Gasteiger partial charge in [0.1, 0.15) is 5.15 Å². The lowest BCUT2D eigenvalue weighted by Crippen LogP contribution is -2.19. The lowest BCUT2D eigenvalue weighted by atomic mass is 10.0. The average molecular weight is 378 g/mol. The molecule has 5 heteroatoms. The molecule has 136 valence electrons. The zero-order valence-corrected chi connectivity index (χ0v) is 17.1. The summed E-state index contributed by atoms with van der Waals surface area (Å²) < 4.78 is 1.14. The summed E-state index contributed by atoms with van der Waals surface area (Å²) in [6.07, 6.45) is 7.80. The molecular weight excluding hydrogens is 350 g/mol. The van der Waals surface area contributed by atoms with Crippen molar-refractivity contribution in [2.24, 2.45) is 5.73 Å². The Morgan fingerprint density at radius 1 is 1.40 bits per heavy atom. The summed E-state index contributed by atoms with van der Waals surface area (Å²) in [4.78, 5) is 4.32. The molecule has 0 bridgehead atoms. The third-order valence-corrected chi connectivity index (χ3v) is 4.84. The Morgan fingerprint density at radius 3 is 2.72 bits per heavy atom. The van der Waals surface area contributed by atoms with Gasteiger partial charge < -0.3 is 11.1 Å². The zero-order valence-electron chi connectivity index (χ0n) is 15.5. The number of nitrogens with one attached hydrogen (secondary N) is 1. The van der Waals surface area contributed by atoms with Crippen molar-refractivity contribution in [1.29, 1.82) is 0 Å². The van der Waals surface area contributed by atoms with Crippen molar-refractivity contribution >= 4 is 38.8 Å². The smallest absolute Gasteiger partial charge is 0.131 e. The van der Waals surface area contributed by atoms with E-state index in [0.29, 0.717) is 17.7 Å². The minimum absolute atomic E-state index is 0.449. The van der Waals surface area contributed by atoms with Crippen LogP contribution >= 0.6 is 22.9 Å². The first kappa shape index (κ1) is 21.5. The summed E-state index contributed by atoms with van der Waals surface area (Å²) in [5.74, 6) is 5.82. The molecule has 0 aliphatic heterocycles. The van der Waals surface area contributed by atoms with E-state index in [2.05, 4.69) is 39.7 Å². The number of pyridine rings is 1. The van der Waals surface area contributed by atoms with E-state index in [0.717, 1.165) is 27.9 Å². The van der Waals surface area contributed by atoms with Crippen LogP contribution in [0.5, 0.6) is 0 Å². The van der Waals surface area contributed by atoms with E-state index < -0.39 is 0 Å². The molecule has 1 aliphatic carbocycles. The topological polar surface area (TPSA) is 50.9 Å². The molecule has 0 amide bonds. The van der Waals surface area contributed by atoms with E-state index in [-0.39, 0.29) is 0 Å². The van der Waals surface area contributed by atoms with Crippen LogP contribution in [0.3, 0.4) is 0 Å². The molecule has 2 aromatic rings. The van der Waals surface area contributed by atoms with Gasteiger partial charge in [0.05, 0.1) is 22.4 Å². The Kier molecular flexibility index (Phi) is 10.3. The molecule has 1 aliphatic rings. The fraction of sp³-hybridized carbons (Fsp3) is 0.450. The van der Waals surface area contributed by atoms with Gasteiger partial charge in [-0.1, -0.05) is 43.5 Å². The third kappa shape index (κ3) is 7.07. The highest BCUT2D eigenvalue weighted by molar-refractivity contribution is 7.18. The van der Waals surface area contributed by atoms with Gasteiger partial charge in [-0.2, -0.15) is 0 Å². The molecular formula is C20H28ClN3S. The molecule has 0 saturated carbocycles. The Labute approximate surface area is 160 Å². The maximum atomic E-state index is 5.98. The molecule has 1 unspecified atom stereocenters. The number of aryl methyl sites for hydroxylation is 1. The van der Waals surface area contributed by atoms with E-state index in [9.17, 15) is 0 Å². The summed E-state index contributed by atoms with van der Waals surface area (Å²) in [7, 11) is 0. The van der Waals surface area contributed by atoms with Gasteiger partial charge in [0, 0.05) is 12.1 Å². The van der Waals surface area contributed by atoms with Gasteiger partial charge in [0.2, 0.25) is 0 Å². The molecule has 0 radical (unpaired) electrons. The van der Waals surface area contributed by atoms with E-state index in [1.165, 1.54) is 12.8 Å². The van der Waals surface area contributed by atoms with Crippen molar-refractivity contribution in [3.8, 4) is 11.8 Å². The zero-order chi connectivity index (χ0) is 18.7. The SMILES string of the molecule is CC.CC#CCNc1cc(Cl)nc2c(C)csc12.NC1CC=CCC1. The van der Waals surface area contributed by atoms with Crippen molar-refractivity contribution in [3.05, 3.63) is 34.3 Å². The normalized spacial score (nSPS) is 15.2. The predicted octanol–water partition coefficient (Wildman–Crippen LogP) is 5.77. The summed E-state index contributed by atoms with van der Waals surface area (Å²) in [5, 5.41) is 5.86. The number of hydrogen-bond acceptors (Lipinski definition) is 4. The molecule has 3 rings (SSSR count). The average Bonchev–Trinajstić information content (AvgIpc) is 2.99. The Morgan fingerprint density at radius 2 is 2.16 bits per heavy atom. The van der Waals surface area contributed by atoms with Crippen LogP contribution in [-0.4, -0.2) is 17.6 Å². The lowest BCUT2D eigenvalue weighted by Gasteiger charge is -2.09. The number of rotatable bonds is 2. The van der Waals surface area contributed by atoms with Crippen LogP contribution in [0.2, 0.25) is 5.15 Å². The molecule has 0 saturated heterocycles. The number of thiophene rings is 1. The maximum Gasteiger partial charge on any atom is 0.131 e. The van der Waals surface area contributed by atoms with Gasteiger partial charge in [-0.05, 0) is 44.1 Å². The molecule has 1 atom stereocenters. The summed E-state index contributed by atoms with van der Waals surface area (Å²) in [5.41, 5.74) is 8.73. The first-order valence-electron chi connectivity index (χ1n) is 8.70. The van der Waals surface area contributed by atoms with Crippen LogP contribution < -0.4 is 11.1 Å². The third-order valence-electron chi connectivity index (χ3n) is 3.52. The lowest BCUT2D eigenvalue weighted by molar-refractivity contribution is 0.606. The second kappa shape index (κ2) is 11.9. The molecule has 0 aromatic carbocycles. The van der Waals surface area contributed by atoms with Crippen molar-refractivity contribution < 1.29 is 0 Å². The minimum Gasteiger partial charge on any atom is -0.373 e. The molecule has 2 heterocycles. The van der Waals surface area contributed by atoms with Crippen LogP contribution in [0.4, 0.5) is 5.69 Å². The van der Waals surface area contributed by atoms with E-state index in [4.69, 9.17) is 17.3 Å². The minimum atomic E-state index is 0.449. The number of hydrogen-bond donors (Lipinski definition) is 2.